The van der Waals surface area contributed by atoms with Gasteiger partial charge in [0.15, 0.2) is 0 Å². The van der Waals surface area contributed by atoms with E-state index < -0.39 is 11.0 Å². The molecule has 0 radical (unpaired) electrons. The molecule has 0 bridgehead atoms. The second-order valence-electron chi connectivity index (χ2n) is 5.46. The minimum absolute atomic E-state index is 0.0617. The molecule has 0 saturated carbocycles. The second kappa shape index (κ2) is 5.49. The predicted molar refractivity (Wildman–Crippen MR) is 68.4 cm³/mol. The SMILES string of the molecule is CCNC(=O)CN(C)C(=O)C(C)(C)C(C)(C)N. The van der Waals surface area contributed by atoms with E-state index >= 15 is 0 Å². The molecule has 0 saturated heterocycles. The van der Waals surface area contributed by atoms with E-state index in [1.807, 2.05) is 20.8 Å². The first-order chi connectivity index (χ1) is 7.54. The van der Waals surface area contributed by atoms with Gasteiger partial charge in [0.2, 0.25) is 11.8 Å². The van der Waals surface area contributed by atoms with Crippen LogP contribution in [0, 0.1) is 5.41 Å². The van der Waals surface area contributed by atoms with Crippen molar-refractivity contribution in [3.63, 3.8) is 0 Å². The number of nitrogens with two attached hydrogens (primary N) is 1. The van der Waals surface area contributed by atoms with Crippen LogP contribution in [0.3, 0.4) is 0 Å². The average Bonchev–Trinajstić information content (AvgIpc) is 2.14. The van der Waals surface area contributed by atoms with Gasteiger partial charge in [-0.2, -0.15) is 0 Å². The van der Waals surface area contributed by atoms with Gasteiger partial charge in [-0.3, -0.25) is 9.59 Å². The number of carbonyl (C=O) groups is 2. The van der Waals surface area contributed by atoms with Gasteiger partial charge in [0.05, 0.1) is 12.0 Å². The molecule has 0 rings (SSSR count). The fourth-order valence-corrected chi connectivity index (χ4v) is 1.29. The van der Waals surface area contributed by atoms with Crippen molar-refractivity contribution in [2.75, 3.05) is 20.1 Å². The Morgan fingerprint density at radius 3 is 2.06 bits per heavy atom. The molecule has 0 unspecified atom stereocenters. The third-order valence-corrected chi connectivity index (χ3v) is 3.25. The monoisotopic (exact) mass is 243 g/mol. The Kier molecular flexibility index (Phi) is 5.13. The Hall–Kier alpha value is -1.10. The summed E-state index contributed by atoms with van der Waals surface area (Å²) < 4.78 is 0. The average molecular weight is 243 g/mol. The quantitative estimate of drug-likeness (QED) is 0.731. The van der Waals surface area contributed by atoms with E-state index in [9.17, 15) is 9.59 Å². The van der Waals surface area contributed by atoms with E-state index in [1.165, 1.54) is 4.90 Å². The highest BCUT2D eigenvalue weighted by molar-refractivity contribution is 5.88. The van der Waals surface area contributed by atoms with Crippen molar-refractivity contribution in [3.8, 4) is 0 Å². The molecule has 0 fully saturated rings. The summed E-state index contributed by atoms with van der Waals surface area (Å²) in [6, 6.07) is 0. The van der Waals surface area contributed by atoms with Gasteiger partial charge in [-0.05, 0) is 34.6 Å². The van der Waals surface area contributed by atoms with E-state index in [2.05, 4.69) is 5.32 Å². The third kappa shape index (κ3) is 4.00. The zero-order chi connectivity index (χ0) is 13.9. The maximum absolute atomic E-state index is 12.2. The first-order valence-corrected chi connectivity index (χ1v) is 5.85. The summed E-state index contributed by atoms with van der Waals surface area (Å²) in [5.74, 6) is -0.287. The molecule has 100 valence electrons. The number of hydrogen-bond acceptors (Lipinski definition) is 3. The Morgan fingerprint density at radius 2 is 1.71 bits per heavy atom. The topological polar surface area (TPSA) is 75.4 Å². The van der Waals surface area contributed by atoms with E-state index in [0.717, 1.165) is 0 Å². The van der Waals surface area contributed by atoms with Gasteiger partial charge in [0, 0.05) is 19.1 Å². The number of hydrogen-bond donors (Lipinski definition) is 2. The summed E-state index contributed by atoms with van der Waals surface area (Å²) in [5.41, 5.74) is 4.64. The molecule has 0 spiro atoms. The van der Waals surface area contributed by atoms with Crippen LogP contribution in [0.1, 0.15) is 34.6 Å². The highest BCUT2D eigenvalue weighted by atomic mass is 16.2. The Labute approximate surface area is 104 Å². The van der Waals surface area contributed by atoms with Gasteiger partial charge in [-0.1, -0.05) is 0 Å². The van der Waals surface area contributed by atoms with Crippen LogP contribution >= 0.6 is 0 Å². The molecule has 17 heavy (non-hydrogen) atoms. The van der Waals surface area contributed by atoms with Crippen LogP contribution in [0.2, 0.25) is 0 Å². The molecule has 0 aliphatic heterocycles. The molecule has 0 aliphatic rings. The second-order valence-corrected chi connectivity index (χ2v) is 5.46. The van der Waals surface area contributed by atoms with Crippen LogP contribution in [0.5, 0.6) is 0 Å². The molecule has 0 aliphatic carbocycles. The maximum Gasteiger partial charge on any atom is 0.239 e. The number of nitrogens with zero attached hydrogens (tertiary/aromatic N) is 1. The van der Waals surface area contributed by atoms with E-state index in [-0.39, 0.29) is 18.4 Å². The molecule has 5 heteroatoms. The lowest BCUT2D eigenvalue weighted by atomic mass is 9.74. The smallest absolute Gasteiger partial charge is 0.239 e. The zero-order valence-electron chi connectivity index (χ0n) is 11.8. The van der Waals surface area contributed by atoms with E-state index in [4.69, 9.17) is 5.73 Å². The molecule has 2 amide bonds. The van der Waals surface area contributed by atoms with Crippen LogP contribution in [0.15, 0.2) is 0 Å². The highest BCUT2D eigenvalue weighted by Crippen LogP contribution is 2.30. The number of likely N-dealkylation sites (N-methyl/N-ethyl adjacent to an activating group) is 2. The van der Waals surface area contributed by atoms with Crippen LogP contribution in [0.4, 0.5) is 0 Å². The maximum atomic E-state index is 12.2. The van der Waals surface area contributed by atoms with Gasteiger partial charge in [-0.25, -0.2) is 0 Å². The summed E-state index contributed by atoms with van der Waals surface area (Å²) in [5, 5.41) is 2.66. The Morgan fingerprint density at radius 1 is 1.24 bits per heavy atom. The number of nitrogens with one attached hydrogen (secondary N) is 1. The molecular formula is C12H25N3O2. The number of rotatable bonds is 5. The van der Waals surface area contributed by atoms with Crippen molar-refractivity contribution in [1.29, 1.82) is 0 Å². The van der Waals surface area contributed by atoms with Crippen LogP contribution < -0.4 is 11.1 Å². The van der Waals surface area contributed by atoms with Gasteiger partial charge in [0.25, 0.3) is 0 Å². The van der Waals surface area contributed by atoms with Crippen molar-refractivity contribution in [3.05, 3.63) is 0 Å². The first-order valence-electron chi connectivity index (χ1n) is 5.85. The highest BCUT2D eigenvalue weighted by Gasteiger charge is 2.42. The van der Waals surface area contributed by atoms with Gasteiger partial charge in [0.1, 0.15) is 0 Å². The fraction of sp³-hybridized carbons (Fsp3) is 0.833. The van der Waals surface area contributed by atoms with Crippen molar-refractivity contribution < 1.29 is 9.59 Å². The van der Waals surface area contributed by atoms with Crippen LogP contribution in [0.25, 0.3) is 0 Å². The normalized spacial score (nSPS) is 12.2. The minimum Gasteiger partial charge on any atom is -0.355 e. The summed E-state index contributed by atoms with van der Waals surface area (Å²) in [6.07, 6.45) is 0. The van der Waals surface area contributed by atoms with Gasteiger partial charge in [-0.15, -0.1) is 0 Å². The minimum atomic E-state index is -0.714. The molecule has 0 atom stereocenters. The molecule has 0 aromatic rings. The zero-order valence-corrected chi connectivity index (χ0v) is 11.8. The summed E-state index contributed by atoms with van der Waals surface area (Å²) >= 11 is 0. The lowest BCUT2D eigenvalue weighted by Gasteiger charge is -2.39. The molecule has 3 N–H and O–H groups in total. The fourth-order valence-electron chi connectivity index (χ4n) is 1.29. The Balaban J connectivity index is 4.66. The van der Waals surface area contributed by atoms with Gasteiger partial charge < -0.3 is 16.0 Å². The predicted octanol–water partition coefficient (Wildman–Crippen LogP) is 0.344. The molecule has 0 aromatic heterocycles. The summed E-state index contributed by atoms with van der Waals surface area (Å²) in [6.45, 7) is 9.67. The molecule has 5 nitrogen and oxygen atoms in total. The van der Waals surface area contributed by atoms with Crippen LogP contribution in [-0.4, -0.2) is 42.4 Å². The summed E-state index contributed by atoms with van der Waals surface area (Å²) in [4.78, 5) is 25.0. The number of amides is 2. The van der Waals surface area contributed by atoms with Gasteiger partial charge >= 0.3 is 0 Å². The molecule has 0 heterocycles. The van der Waals surface area contributed by atoms with Crippen molar-refractivity contribution in [2.45, 2.75) is 40.2 Å². The largest absolute Gasteiger partial charge is 0.355 e. The van der Waals surface area contributed by atoms with E-state index in [0.29, 0.717) is 6.54 Å². The number of carbonyl (C=O) groups excluding carboxylic acids is 2. The lowest BCUT2D eigenvalue weighted by molar-refractivity contribution is -0.144. The molecular weight excluding hydrogens is 218 g/mol. The van der Waals surface area contributed by atoms with Crippen molar-refractivity contribution in [1.82, 2.24) is 10.2 Å². The van der Waals surface area contributed by atoms with Crippen molar-refractivity contribution >= 4 is 11.8 Å². The Bertz CT molecular complexity index is 293. The first kappa shape index (κ1) is 15.9. The third-order valence-electron chi connectivity index (χ3n) is 3.25. The van der Waals surface area contributed by atoms with Crippen molar-refractivity contribution in [2.24, 2.45) is 11.1 Å². The van der Waals surface area contributed by atoms with E-state index in [1.54, 1.807) is 20.9 Å². The summed E-state index contributed by atoms with van der Waals surface area (Å²) in [7, 11) is 1.62. The lowest BCUT2D eigenvalue weighted by Crippen LogP contribution is -2.56. The standard InChI is InChI=1S/C12H25N3O2/c1-7-14-9(16)8-15(6)10(17)11(2,3)12(4,5)13/h7-8,13H2,1-6H3,(H,14,16). The van der Waals surface area contributed by atoms with Crippen LogP contribution in [-0.2, 0) is 9.59 Å². The molecule has 0 aromatic carbocycles.